The van der Waals surface area contributed by atoms with Crippen molar-refractivity contribution in [2.45, 2.75) is 39.3 Å². The van der Waals surface area contributed by atoms with E-state index >= 15 is 0 Å². The summed E-state index contributed by atoms with van der Waals surface area (Å²) in [5, 5.41) is 8.88. The number of amides is 1. The number of carboxylic acid groups (broad SMARTS) is 1. The third-order valence-electron chi connectivity index (χ3n) is 2.79. The lowest BCUT2D eigenvalue weighted by Crippen LogP contribution is -2.40. The van der Waals surface area contributed by atoms with Crippen molar-refractivity contribution >= 4 is 12.1 Å². The van der Waals surface area contributed by atoms with Crippen LogP contribution in [0.2, 0.25) is 0 Å². The molecule has 0 spiro atoms. The second-order valence-corrected chi connectivity index (χ2v) is 5.62. The van der Waals surface area contributed by atoms with E-state index in [1.807, 2.05) is 0 Å². The molecule has 1 aromatic heterocycles. The molecule has 1 aliphatic rings. The molecule has 2 rings (SSSR count). The molecule has 108 valence electrons. The van der Waals surface area contributed by atoms with Crippen molar-refractivity contribution in [3.8, 4) is 0 Å². The third kappa shape index (κ3) is 3.23. The number of nitrogens with zero attached hydrogens (tertiary/aromatic N) is 3. The lowest BCUT2D eigenvalue weighted by atomic mass is 10.1. The van der Waals surface area contributed by atoms with Crippen molar-refractivity contribution < 1.29 is 19.4 Å². The van der Waals surface area contributed by atoms with E-state index in [1.54, 1.807) is 20.8 Å². The van der Waals surface area contributed by atoms with E-state index in [4.69, 9.17) is 9.84 Å². The molecule has 0 fully saturated rings. The molecule has 0 atom stereocenters. The van der Waals surface area contributed by atoms with Gasteiger partial charge in [-0.2, -0.15) is 0 Å². The average Bonchev–Trinajstić information content (AvgIpc) is 2.35. The van der Waals surface area contributed by atoms with Gasteiger partial charge in [0.05, 0.1) is 12.2 Å². The van der Waals surface area contributed by atoms with Crippen LogP contribution in [0, 0.1) is 0 Å². The van der Waals surface area contributed by atoms with Gasteiger partial charge in [-0.1, -0.05) is 0 Å². The summed E-state index contributed by atoms with van der Waals surface area (Å²) in [6.45, 7) is 6.15. The predicted octanol–water partition coefficient (Wildman–Crippen LogP) is 1.47. The smallest absolute Gasteiger partial charge is 0.410 e. The first-order chi connectivity index (χ1) is 9.26. The van der Waals surface area contributed by atoms with Crippen LogP contribution < -0.4 is 0 Å². The fraction of sp³-hybridized carbons (Fsp3) is 0.538. The Bertz CT molecular complexity index is 551. The number of hydrogen-bond acceptors (Lipinski definition) is 5. The Morgan fingerprint density at radius 2 is 2.10 bits per heavy atom. The van der Waals surface area contributed by atoms with Gasteiger partial charge in [0.15, 0.2) is 0 Å². The molecule has 7 heteroatoms. The van der Waals surface area contributed by atoms with E-state index in [0.29, 0.717) is 18.7 Å². The van der Waals surface area contributed by atoms with Gasteiger partial charge in [-0.25, -0.2) is 19.6 Å². The summed E-state index contributed by atoms with van der Waals surface area (Å²) in [6, 6.07) is 0. The van der Waals surface area contributed by atoms with Gasteiger partial charge in [0.1, 0.15) is 5.60 Å². The summed E-state index contributed by atoms with van der Waals surface area (Å²) in [5.74, 6) is -1.43. The number of hydrogen-bond donors (Lipinski definition) is 1. The number of ether oxygens (including phenoxy) is 1. The van der Waals surface area contributed by atoms with E-state index in [9.17, 15) is 9.59 Å². The summed E-state index contributed by atoms with van der Waals surface area (Å²) in [6.07, 6.45) is 1.69. The second kappa shape index (κ2) is 5.07. The van der Waals surface area contributed by atoms with Gasteiger partial charge in [0, 0.05) is 12.7 Å². The Morgan fingerprint density at radius 1 is 1.40 bits per heavy atom. The highest BCUT2D eigenvalue weighted by Crippen LogP contribution is 2.19. The third-order valence-corrected chi connectivity index (χ3v) is 2.79. The fourth-order valence-electron chi connectivity index (χ4n) is 1.89. The standard InChI is InChI=1S/C13H17N3O4/c1-13(2,3)20-12(19)16-5-4-8-6-14-10(11(17)18)15-9(8)7-16/h6H,4-5,7H2,1-3H3,(H,17,18). The number of carbonyl (C=O) groups is 2. The molecule has 7 nitrogen and oxygen atoms in total. The summed E-state index contributed by atoms with van der Waals surface area (Å²) in [4.78, 5) is 32.1. The molecule has 1 aromatic rings. The van der Waals surface area contributed by atoms with Crippen LogP contribution in [0.25, 0.3) is 0 Å². The van der Waals surface area contributed by atoms with Gasteiger partial charge < -0.3 is 14.7 Å². The molecule has 20 heavy (non-hydrogen) atoms. The van der Waals surface area contributed by atoms with Crippen LogP contribution in [0.5, 0.6) is 0 Å². The molecule has 1 N–H and O–H groups in total. The molecule has 1 amide bonds. The first kappa shape index (κ1) is 14.2. The van der Waals surface area contributed by atoms with E-state index in [0.717, 1.165) is 5.56 Å². The minimum Gasteiger partial charge on any atom is -0.475 e. The molecule has 0 aromatic carbocycles. The summed E-state index contributed by atoms with van der Waals surface area (Å²) in [5.41, 5.74) is 0.874. The van der Waals surface area contributed by atoms with E-state index < -0.39 is 17.7 Å². The zero-order chi connectivity index (χ0) is 14.9. The van der Waals surface area contributed by atoms with Crippen molar-refractivity contribution in [1.29, 1.82) is 0 Å². The molecule has 0 saturated heterocycles. The van der Waals surface area contributed by atoms with Crippen LogP contribution in [0.4, 0.5) is 4.79 Å². The highest BCUT2D eigenvalue weighted by Gasteiger charge is 2.27. The van der Waals surface area contributed by atoms with Gasteiger partial charge in [-0.05, 0) is 32.8 Å². The van der Waals surface area contributed by atoms with Crippen LogP contribution in [-0.4, -0.2) is 44.2 Å². The number of aromatic carboxylic acids is 1. The Morgan fingerprint density at radius 3 is 2.70 bits per heavy atom. The number of fused-ring (bicyclic) bond motifs is 1. The van der Waals surface area contributed by atoms with E-state index in [-0.39, 0.29) is 12.4 Å². The Kier molecular flexibility index (Phi) is 3.61. The van der Waals surface area contributed by atoms with Gasteiger partial charge in [0.25, 0.3) is 0 Å². The van der Waals surface area contributed by atoms with Gasteiger partial charge in [-0.3, -0.25) is 0 Å². The molecular weight excluding hydrogens is 262 g/mol. The van der Waals surface area contributed by atoms with Crippen molar-refractivity contribution in [2.24, 2.45) is 0 Å². The SMILES string of the molecule is CC(C)(C)OC(=O)N1CCc2cnc(C(=O)O)nc2C1. The summed E-state index contributed by atoms with van der Waals surface area (Å²) >= 11 is 0. The second-order valence-electron chi connectivity index (χ2n) is 5.62. The Labute approximate surface area is 116 Å². The molecular formula is C13H17N3O4. The van der Waals surface area contributed by atoms with Crippen molar-refractivity contribution in [3.63, 3.8) is 0 Å². The topological polar surface area (TPSA) is 92.6 Å². The maximum absolute atomic E-state index is 12.0. The largest absolute Gasteiger partial charge is 0.475 e. The molecule has 0 bridgehead atoms. The van der Waals surface area contributed by atoms with Crippen LogP contribution in [0.15, 0.2) is 6.20 Å². The highest BCUT2D eigenvalue weighted by molar-refractivity contribution is 5.83. The van der Waals surface area contributed by atoms with Crippen LogP contribution in [-0.2, 0) is 17.7 Å². The molecule has 0 saturated carbocycles. The first-order valence-electron chi connectivity index (χ1n) is 6.32. The lowest BCUT2D eigenvalue weighted by molar-refractivity contribution is 0.0220. The number of rotatable bonds is 1. The zero-order valence-corrected chi connectivity index (χ0v) is 11.7. The van der Waals surface area contributed by atoms with Crippen molar-refractivity contribution in [3.05, 3.63) is 23.3 Å². The molecule has 1 aliphatic heterocycles. The number of aromatic nitrogens is 2. The predicted molar refractivity (Wildman–Crippen MR) is 69.3 cm³/mol. The van der Waals surface area contributed by atoms with Crippen molar-refractivity contribution in [1.82, 2.24) is 14.9 Å². The monoisotopic (exact) mass is 279 g/mol. The minimum absolute atomic E-state index is 0.243. The Balaban J connectivity index is 2.15. The molecule has 0 aliphatic carbocycles. The van der Waals surface area contributed by atoms with Gasteiger partial charge in [-0.15, -0.1) is 0 Å². The quantitative estimate of drug-likeness (QED) is 0.836. The molecule has 2 heterocycles. The number of carboxylic acids is 1. The van der Waals surface area contributed by atoms with Gasteiger partial charge >= 0.3 is 12.1 Å². The Hall–Kier alpha value is -2.18. The summed E-state index contributed by atoms with van der Waals surface area (Å²) in [7, 11) is 0. The van der Waals surface area contributed by atoms with Crippen LogP contribution >= 0.6 is 0 Å². The maximum atomic E-state index is 12.0. The van der Waals surface area contributed by atoms with Crippen molar-refractivity contribution in [2.75, 3.05) is 6.54 Å². The van der Waals surface area contributed by atoms with Crippen LogP contribution in [0.1, 0.15) is 42.6 Å². The first-order valence-corrected chi connectivity index (χ1v) is 6.32. The van der Waals surface area contributed by atoms with E-state index in [2.05, 4.69) is 9.97 Å². The molecule has 0 unspecified atom stereocenters. The van der Waals surface area contributed by atoms with Crippen LogP contribution in [0.3, 0.4) is 0 Å². The average molecular weight is 279 g/mol. The zero-order valence-electron chi connectivity index (χ0n) is 11.7. The minimum atomic E-state index is -1.18. The van der Waals surface area contributed by atoms with Gasteiger partial charge in [0.2, 0.25) is 5.82 Å². The number of carbonyl (C=O) groups excluding carboxylic acids is 1. The normalized spacial score (nSPS) is 14.7. The maximum Gasteiger partial charge on any atom is 0.410 e. The highest BCUT2D eigenvalue weighted by atomic mass is 16.6. The molecule has 0 radical (unpaired) electrons. The summed E-state index contributed by atoms with van der Waals surface area (Å²) < 4.78 is 5.30. The van der Waals surface area contributed by atoms with E-state index in [1.165, 1.54) is 11.1 Å². The fourth-order valence-corrected chi connectivity index (χ4v) is 1.89. The lowest BCUT2D eigenvalue weighted by Gasteiger charge is -2.30.